The molecule has 0 spiro atoms. The second-order valence-electron chi connectivity index (χ2n) is 4.89. The molecule has 1 heterocycles. The van der Waals surface area contributed by atoms with Crippen LogP contribution in [0.25, 0.3) is 0 Å². The molecule has 1 aliphatic heterocycles. The molecule has 0 bridgehead atoms. The molecule has 0 aromatic heterocycles. The normalized spacial score (nSPS) is 18.4. The number of unbranched alkanes of at least 4 members (excludes halogenated alkanes) is 1. The zero-order chi connectivity index (χ0) is 12.4. The number of hydrogen-bond acceptors (Lipinski definition) is 2. The summed E-state index contributed by atoms with van der Waals surface area (Å²) >= 11 is 0. The molecule has 16 heavy (non-hydrogen) atoms. The highest BCUT2D eigenvalue weighted by atomic mass is 15.3. The molecule has 98 valence electrons. The molecule has 0 saturated carbocycles. The third-order valence-electron chi connectivity index (χ3n) is 2.92. The van der Waals surface area contributed by atoms with Crippen LogP contribution in [0.1, 0.15) is 47.5 Å². The minimum absolute atomic E-state index is 0.817. The van der Waals surface area contributed by atoms with Crippen molar-refractivity contribution >= 4 is 0 Å². The monoisotopic (exact) mass is 228 g/mol. The first-order valence-electron chi connectivity index (χ1n) is 7.17. The van der Waals surface area contributed by atoms with Gasteiger partial charge in [0.2, 0.25) is 0 Å². The van der Waals surface area contributed by atoms with Crippen LogP contribution in [0.2, 0.25) is 0 Å². The molecule has 0 N–H and O–H groups in total. The van der Waals surface area contributed by atoms with Crippen LogP contribution in [-0.4, -0.2) is 49.1 Å². The van der Waals surface area contributed by atoms with E-state index in [9.17, 15) is 0 Å². The van der Waals surface area contributed by atoms with Crippen LogP contribution < -0.4 is 0 Å². The highest BCUT2D eigenvalue weighted by molar-refractivity contribution is 4.72. The Morgan fingerprint density at radius 2 is 1.44 bits per heavy atom. The van der Waals surface area contributed by atoms with Crippen LogP contribution in [0.4, 0.5) is 0 Å². The van der Waals surface area contributed by atoms with Gasteiger partial charge in [0.05, 0.1) is 0 Å². The van der Waals surface area contributed by atoms with Crippen LogP contribution in [-0.2, 0) is 0 Å². The summed E-state index contributed by atoms with van der Waals surface area (Å²) in [4.78, 5) is 5.22. The summed E-state index contributed by atoms with van der Waals surface area (Å²) in [5.74, 6) is 0.817. The average molecular weight is 228 g/mol. The second-order valence-corrected chi connectivity index (χ2v) is 4.89. The van der Waals surface area contributed by atoms with Gasteiger partial charge in [0, 0.05) is 32.7 Å². The van der Waals surface area contributed by atoms with Crippen LogP contribution in [0, 0.1) is 5.92 Å². The van der Waals surface area contributed by atoms with Gasteiger partial charge in [0.1, 0.15) is 0 Å². The van der Waals surface area contributed by atoms with Crippen LogP contribution in [0.15, 0.2) is 0 Å². The Bertz CT molecular complexity index is 138. The van der Waals surface area contributed by atoms with Crippen molar-refractivity contribution < 1.29 is 0 Å². The Morgan fingerprint density at radius 1 is 0.938 bits per heavy atom. The lowest BCUT2D eigenvalue weighted by molar-refractivity contribution is 0.121. The van der Waals surface area contributed by atoms with Crippen LogP contribution in [0.5, 0.6) is 0 Å². The SMILES string of the molecule is CC.CCCCN1CCN(CC(C)C)CC1. The Morgan fingerprint density at radius 3 is 1.88 bits per heavy atom. The predicted molar refractivity (Wildman–Crippen MR) is 74.0 cm³/mol. The van der Waals surface area contributed by atoms with E-state index in [2.05, 4.69) is 30.6 Å². The largest absolute Gasteiger partial charge is 0.301 e. The lowest BCUT2D eigenvalue weighted by Crippen LogP contribution is -2.47. The zero-order valence-corrected chi connectivity index (χ0v) is 12.1. The Balaban J connectivity index is 0.00000106. The molecular formula is C14H32N2. The molecule has 0 atom stereocenters. The molecule has 0 aliphatic carbocycles. The van der Waals surface area contributed by atoms with Gasteiger partial charge in [-0.3, -0.25) is 0 Å². The Hall–Kier alpha value is -0.0800. The molecule has 0 radical (unpaired) electrons. The molecule has 0 amide bonds. The Labute approximate surface area is 103 Å². The van der Waals surface area contributed by atoms with E-state index in [0.717, 1.165) is 5.92 Å². The summed E-state index contributed by atoms with van der Waals surface area (Å²) in [5, 5.41) is 0. The third kappa shape index (κ3) is 7.24. The number of rotatable bonds is 5. The molecule has 1 aliphatic rings. The summed E-state index contributed by atoms with van der Waals surface area (Å²) in [6, 6.07) is 0. The van der Waals surface area contributed by atoms with Crippen molar-refractivity contribution in [1.29, 1.82) is 0 Å². The van der Waals surface area contributed by atoms with E-state index < -0.39 is 0 Å². The summed E-state index contributed by atoms with van der Waals surface area (Å²) in [5.41, 5.74) is 0. The minimum atomic E-state index is 0.817. The lowest BCUT2D eigenvalue weighted by atomic mass is 10.2. The van der Waals surface area contributed by atoms with Gasteiger partial charge in [0.25, 0.3) is 0 Å². The highest BCUT2D eigenvalue weighted by Gasteiger charge is 2.16. The van der Waals surface area contributed by atoms with Gasteiger partial charge in [-0.15, -0.1) is 0 Å². The van der Waals surface area contributed by atoms with Crippen molar-refractivity contribution in [3.63, 3.8) is 0 Å². The van der Waals surface area contributed by atoms with E-state index in [0.29, 0.717) is 0 Å². The van der Waals surface area contributed by atoms with Crippen molar-refractivity contribution in [3.8, 4) is 0 Å². The third-order valence-corrected chi connectivity index (χ3v) is 2.92. The van der Waals surface area contributed by atoms with Crippen molar-refractivity contribution in [2.24, 2.45) is 5.92 Å². The topological polar surface area (TPSA) is 6.48 Å². The first-order valence-corrected chi connectivity index (χ1v) is 7.17. The van der Waals surface area contributed by atoms with Gasteiger partial charge in [-0.25, -0.2) is 0 Å². The number of piperazine rings is 1. The maximum absolute atomic E-state index is 2.61. The predicted octanol–water partition coefficient (Wildman–Crippen LogP) is 3.09. The summed E-state index contributed by atoms with van der Waals surface area (Å²) < 4.78 is 0. The summed E-state index contributed by atoms with van der Waals surface area (Å²) in [7, 11) is 0. The van der Waals surface area contributed by atoms with E-state index in [-0.39, 0.29) is 0 Å². The zero-order valence-electron chi connectivity index (χ0n) is 12.1. The summed E-state index contributed by atoms with van der Waals surface area (Å²) in [6.45, 7) is 18.6. The minimum Gasteiger partial charge on any atom is -0.301 e. The number of hydrogen-bond donors (Lipinski definition) is 0. The van der Waals surface area contributed by atoms with Gasteiger partial charge >= 0.3 is 0 Å². The van der Waals surface area contributed by atoms with Gasteiger partial charge in [0.15, 0.2) is 0 Å². The molecule has 1 saturated heterocycles. The van der Waals surface area contributed by atoms with E-state index >= 15 is 0 Å². The van der Waals surface area contributed by atoms with Gasteiger partial charge < -0.3 is 9.80 Å². The standard InChI is InChI=1S/C12H26N2.C2H6/c1-4-5-6-13-7-9-14(10-8-13)11-12(2)3;1-2/h12H,4-11H2,1-3H3;1-2H3. The molecule has 0 aromatic carbocycles. The van der Waals surface area contributed by atoms with E-state index in [1.165, 1.54) is 52.1 Å². The molecule has 0 unspecified atom stereocenters. The van der Waals surface area contributed by atoms with Crippen LogP contribution in [0.3, 0.4) is 0 Å². The molecule has 2 heteroatoms. The molecule has 1 rings (SSSR count). The lowest BCUT2D eigenvalue weighted by Gasteiger charge is -2.35. The molecular weight excluding hydrogens is 196 g/mol. The second kappa shape index (κ2) is 10.1. The summed E-state index contributed by atoms with van der Waals surface area (Å²) in [6.07, 6.45) is 2.69. The van der Waals surface area contributed by atoms with Gasteiger partial charge in [-0.2, -0.15) is 0 Å². The fourth-order valence-corrected chi connectivity index (χ4v) is 2.09. The Kier molecular flexibility index (Phi) is 10.0. The van der Waals surface area contributed by atoms with E-state index in [4.69, 9.17) is 0 Å². The van der Waals surface area contributed by atoms with Crippen molar-refractivity contribution in [3.05, 3.63) is 0 Å². The van der Waals surface area contributed by atoms with Crippen molar-refractivity contribution in [1.82, 2.24) is 9.80 Å². The average Bonchev–Trinajstić information content (AvgIpc) is 2.30. The highest BCUT2D eigenvalue weighted by Crippen LogP contribution is 2.05. The molecule has 0 aromatic rings. The van der Waals surface area contributed by atoms with Gasteiger partial charge in [-0.1, -0.05) is 41.0 Å². The maximum Gasteiger partial charge on any atom is 0.0110 e. The number of nitrogens with zero attached hydrogens (tertiary/aromatic N) is 2. The maximum atomic E-state index is 2.61. The molecule has 1 fully saturated rings. The fourth-order valence-electron chi connectivity index (χ4n) is 2.09. The fraction of sp³-hybridized carbons (Fsp3) is 1.00. The van der Waals surface area contributed by atoms with E-state index in [1.54, 1.807) is 0 Å². The van der Waals surface area contributed by atoms with Gasteiger partial charge in [-0.05, 0) is 18.9 Å². The van der Waals surface area contributed by atoms with E-state index in [1.807, 2.05) is 13.8 Å². The van der Waals surface area contributed by atoms with Crippen molar-refractivity contribution in [2.75, 3.05) is 39.3 Å². The molecule has 2 nitrogen and oxygen atoms in total. The smallest absolute Gasteiger partial charge is 0.0110 e. The first-order chi connectivity index (χ1) is 7.72. The van der Waals surface area contributed by atoms with Crippen molar-refractivity contribution in [2.45, 2.75) is 47.5 Å². The quantitative estimate of drug-likeness (QED) is 0.713. The van der Waals surface area contributed by atoms with Crippen LogP contribution >= 0.6 is 0 Å². The first kappa shape index (κ1) is 15.9.